The molecule has 3 N–H and O–H groups in total. The van der Waals surface area contributed by atoms with E-state index < -0.39 is 6.04 Å². The largest absolute Gasteiger partial charge is 0.463 e. The molecule has 2 rings (SSSR count). The lowest BCUT2D eigenvalue weighted by atomic mass is 9.97. The summed E-state index contributed by atoms with van der Waals surface area (Å²) in [5.74, 6) is -0.190. The van der Waals surface area contributed by atoms with E-state index in [0.29, 0.717) is 28.8 Å². The van der Waals surface area contributed by atoms with Crippen LogP contribution >= 0.6 is 11.8 Å². The van der Waals surface area contributed by atoms with E-state index in [2.05, 4.69) is 10.3 Å². The minimum atomic E-state index is -0.428. The SMILES string of the molecule is CCOC(=O)C1=C(C)NC(SCCC(N)=O)=N[C@H]1c1ccccc1. The zero-order valence-corrected chi connectivity index (χ0v) is 14.6. The molecule has 128 valence electrons. The van der Waals surface area contributed by atoms with Crippen molar-refractivity contribution in [2.75, 3.05) is 12.4 Å². The van der Waals surface area contributed by atoms with E-state index in [1.54, 1.807) is 6.92 Å². The number of amidine groups is 1. The van der Waals surface area contributed by atoms with Crippen molar-refractivity contribution in [3.8, 4) is 0 Å². The summed E-state index contributed by atoms with van der Waals surface area (Å²) in [6, 6.07) is 9.16. The number of thioether (sulfide) groups is 1. The Labute approximate surface area is 145 Å². The highest BCUT2D eigenvalue weighted by Gasteiger charge is 2.30. The molecule has 0 aromatic heterocycles. The summed E-state index contributed by atoms with van der Waals surface area (Å²) in [6.45, 7) is 3.91. The van der Waals surface area contributed by atoms with Crippen LogP contribution in [0.1, 0.15) is 31.9 Å². The molecule has 6 nitrogen and oxygen atoms in total. The second-order valence-corrected chi connectivity index (χ2v) is 6.28. The zero-order valence-electron chi connectivity index (χ0n) is 13.7. The number of ether oxygens (including phenoxy) is 1. The number of hydrogen-bond acceptors (Lipinski definition) is 6. The van der Waals surface area contributed by atoms with Gasteiger partial charge in [0.05, 0.1) is 12.2 Å². The molecule has 1 amide bonds. The number of esters is 1. The standard InChI is InChI=1S/C17H21N3O3S/c1-3-23-16(22)14-11(2)19-17(24-10-9-13(18)21)20-15(14)12-7-5-4-6-8-12/h4-8,15H,3,9-10H2,1-2H3,(H2,18,21)(H,19,20)/t15-/m0/s1. The number of aliphatic imine (C=N–C) groups is 1. The van der Waals surface area contributed by atoms with Crippen LogP contribution in [0.4, 0.5) is 0 Å². The van der Waals surface area contributed by atoms with Crippen molar-refractivity contribution in [1.29, 1.82) is 0 Å². The Bertz CT molecular complexity index is 671. The van der Waals surface area contributed by atoms with E-state index in [-0.39, 0.29) is 18.3 Å². The summed E-state index contributed by atoms with van der Waals surface area (Å²) in [7, 11) is 0. The summed E-state index contributed by atoms with van der Waals surface area (Å²) >= 11 is 1.41. The van der Waals surface area contributed by atoms with Crippen molar-refractivity contribution in [3.05, 3.63) is 47.2 Å². The Kier molecular flexibility index (Phi) is 6.43. The number of carbonyl (C=O) groups is 2. The van der Waals surface area contributed by atoms with Crippen molar-refractivity contribution < 1.29 is 14.3 Å². The van der Waals surface area contributed by atoms with Gasteiger partial charge in [0.2, 0.25) is 5.91 Å². The summed E-state index contributed by atoms with van der Waals surface area (Å²) in [4.78, 5) is 27.9. The fourth-order valence-electron chi connectivity index (χ4n) is 2.32. The Morgan fingerprint density at radius 3 is 2.67 bits per heavy atom. The molecule has 1 heterocycles. The molecule has 0 bridgehead atoms. The van der Waals surface area contributed by atoms with Crippen LogP contribution in [-0.4, -0.2) is 29.4 Å². The molecule has 1 aromatic rings. The number of hydrogen-bond donors (Lipinski definition) is 2. The van der Waals surface area contributed by atoms with Crippen LogP contribution in [-0.2, 0) is 14.3 Å². The quantitative estimate of drug-likeness (QED) is 0.769. The Morgan fingerprint density at radius 1 is 1.33 bits per heavy atom. The lowest BCUT2D eigenvalue weighted by Gasteiger charge is -2.25. The lowest BCUT2D eigenvalue weighted by Crippen LogP contribution is -2.31. The fraction of sp³-hybridized carbons (Fsp3) is 0.353. The maximum atomic E-state index is 12.3. The van der Waals surface area contributed by atoms with Crippen molar-refractivity contribution in [1.82, 2.24) is 5.32 Å². The van der Waals surface area contributed by atoms with Gasteiger partial charge in [0.15, 0.2) is 5.17 Å². The third kappa shape index (κ3) is 4.61. The summed E-state index contributed by atoms with van der Waals surface area (Å²) in [5, 5.41) is 3.78. The molecular weight excluding hydrogens is 326 g/mol. The maximum Gasteiger partial charge on any atom is 0.338 e. The van der Waals surface area contributed by atoms with Crippen LogP contribution in [0.3, 0.4) is 0 Å². The Morgan fingerprint density at radius 2 is 2.04 bits per heavy atom. The third-order valence-corrected chi connectivity index (χ3v) is 4.31. The number of amides is 1. The highest BCUT2D eigenvalue weighted by atomic mass is 32.2. The van der Waals surface area contributed by atoms with Gasteiger partial charge in [-0.3, -0.25) is 4.79 Å². The smallest absolute Gasteiger partial charge is 0.338 e. The van der Waals surface area contributed by atoms with E-state index in [4.69, 9.17) is 10.5 Å². The first-order valence-electron chi connectivity index (χ1n) is 7.71. The first-order valence-corrected chi connectivity index (χ1v) is 8.70. The van der Waals surface area contributed by atoms with Gasteiger partial charge in [0, 0.05) is 17.9 Å². The van der Waals surface area contributed by atoms with Gasteiger partial charge in [-0.15, -0.1) is 0 Å². The van der Waals surface area contributed by atoms with Crippen molar-refractivity contribution in [2.45, 2.75) is 26.3 Å². The number of benzene rings is 1. The number of primary amides is 1. The van der Waals surface area contributed by atoms with Crippen molar-refractivity contribution in [3.63, 3.8) is 0 Å². The van der Waals surface area contributed by atoms with Crippen LogP contribution in [0.15, 0.2) is 46.6 Å². The molecule has 0 spiro atoms. The molecular formula is C17H21N3O3S. The number of nitrogens with zero attached hydrogens (tertiary/aromatic N) is 1. The van der Waals surface area contributed by atoms with E-state index in [1.165, 1.54) is 11.8 Å². The molecule has 0 radical (unpaired) electrons. The lowest BCUT2D eigenvalue weighted by molar-refractivity contribution is -0.139. The summed E-state index contributed by atoms with van der Waals surface area (Å²) in [6.07, 6.45) is 0.273. The van der Waals surface area contributed by atoms with Crippen molar-refractivity contribution in [2.24, 2.45) is 10.7 Å². The van der Waals surface area contributed by atoms with Crippen molar-refractivity contribution >= 4 is 28.8 Å². The van der Waals surface area contributed by atoms with Gasteiger partial charge in [0.1, 0.15) is 6.04 Å². The van der Waals surface area contributed by atoms with Crippen LogP contribution in [0.5, 0.6) is 0 Å². The predicted molar refractivity (Wildman–Crippen MR) is 95.4 cm³/mol. The highest BCUT2D eigenvalue weighted by Crippen LogP contribution is 2.32. The highest BCUT2D eigenvalue weighted by molar-refractivity contribution is 8.13. The minimum absolute atomic E-state index is 0.273. The van der Waals surface area contributed by atoms with Gasteiger partial charge in [-0.2, -0.15) is 0 Å². The molecule has 1 aliphatic rings. The van der Waals surface area contributed by atoms with Crippen LogP contribution < -0.4 is 11.1 Å². The molecule has 0 saturated carbocycles. The van der Waals surface area contributed by atoms with Crippen LogP contribution in [0, 0.1) is 0 Å². The van der Waals surface area contributed by atoms with E-state index >= 15 is 0 Å². The third-order valence-electron chi connectivity index (χ3n) is 3.42. The molecule has 0 unspecified atom stereocenters. The number of rotatable bonds is 6. The molecule has 0 aliphatic carbocycles. The second kappa shape index (κ2) is 8.54. The molecule has 1 aliphatic heterocycles. The topological polar surface area (TPSA) is 93.8 Å². The number of allylic oxidation sites excluding steroid dienone is 1. The Balaban J connectivity index is 2.28. The Hall–Kier alpha value is -2.28. The van der Waals surface area contributed by atoms with Gasteiger partial charge < -0.3 is 15.8 Å². The summed E-state index contributed by atoms with van der Waals surface area (Å²) < 4.78 is 5.18. The van der Waals surface area contributed by atoms with E-state index in [9.17, 15) is 9.59 Å². The van der Waals surface area contributed by atoms with Gasteiger partial charge in [-0.05, 0) is 19.4 Å². The van der Waals surface area contributed by atoms with Gasteiger partial charge >= 0.3 is 5.97 Å². The number of nitrogens with two attached hydrogens (primary N) is 1. The fourth-order valence-corrected chi connectivity index (χ4v) is 3.22. The first kappa shape index (κ1) is 18.1. The van der Waals surface area contributed by atoms with Crippen LogP contribution in [0.2, 0.25) is 0 Å². The minimum Gasteiger partial charge on any atom is -0.463 e. The van der Waals surface area contributed by atoms with Gasteiger partial charge in [-0.25, -0.2) is 9.79 Å². The molecule has 0 fully saturated rings. The summed E-state index contributed by atoms with van der Waals surface area (Å²) in [5.41, 5.74) is 7.29. The zero-order chi connectivity index (χ0) is 17.5. The monoisotopic (exact) mass is 347 g/mol. The second-order valence-electron chi connectivity index (χ2n) is 5.20. The predicted octanol–water partition coefficient (Wildman–Crippen LogP) is 2.13. The van der Waals surface area contributed by atoms with Crippen LogP contribution in [0.25, 0.3) is 0 Å². The molecule has 1 atom stereocenters. The van der Waals surface area contributed by atoms with E-state index in [1.807, 2.05) is 37.3 Å². The van der Waals surface area contributed by atoms with Gasteiger partial charge in [0.25, 0.3) is 0 Å². The molecule has 7 heteroatoms. The first-order chi connectivity index (χ1) is 11.5. The normalized spacial score (nSPS) is 17.1. The average Bonchev–Trinajstić information content (AvgIpc) is 2.55. The molecule has 1 aromatic carbocycles. The van der Waals surface area contributed by atoms with E-state index in [0.717, 1.165) is 5.56 Å². The van der Waals surface area contributed by atoms with Gasteiger partial charge in [-0.1, -0.05) is 42.1 Å². The number of nitrogens with one attached hydrogen (secondary N) is 1. The average molecular weight is 347 g/mol. The maximum absolute atomic E-state index is 12.3. The molecule has 24 heavy (non-hydrogen) atoms. The number of carbonyl (C=O) groups excluding carboxylic acids is 2. The molecule has 0 saturated heterocycles.